The van der Waals surface area contributed by atoms with E-state index in [2.05, 4.69) is 6.08 Å². The molecule has 0 spiro atoms. The van der Waals surface area contributed by atoms with Crippen LogP contribution in [0.2, 0.25) is 0 Å². The van der Waals surface area contributed by atoms with Gasteiger partial charge in [0.05, 0.1) is 23.4 Å². The van der Waals surface area contributed by atoms with E-state index in [0.29, 0.717) is 5.69 Å². The molecule has 0 aliphatic heterocycles. The summed E-state index contributed by atoms with van der Waals surface area (Å²) in [5.74, 6) is -0.722. The third kappa shape index (κ3) is 6.20. The average Bonchev–Trinajstić information content (AvgIpc) is 2.75. The number of nitrogens with zero attached hydrogens (tertiary/aromatic N) is 1. The van der Waals surface area contributed by atoms with Gasteiger partial charge >= 0.3 is 11.9 Å². The molecule has 0 saturated carbocycles. The topological polar surface area (TPSA) is 74.7 Å². The lowest BCUT2D eigenvalue weighted by atomic mass is 9.84. The minimum absolute atomic E-state index is 0.128. The van der Waals surface area contributed by atoms with Crippen molar-refractivity contribution in [2.24, 2.45) is 0 Å². The molecule has 0 N–H and O–H groups in total. The summed E-state index contributed by atoms with van der Waals surface area (Å²) >= 11 is 0. The van der Waals surface area contributed by atoms with Crippen LogP contribution in [0.1, 0.15) is 88.8 Å². The number of aryl methyl sites for hydroxylation is 1. The number of rotatable bonds is 7. The van der Waals surface area contributed by atoms with E-state index in [0.717, 1.165) is 53.3 Å². The summed E-state index contributed by atoms with van der Waals surface area (Å²) < 4.78 is 16.9. The lowest BCUT2D eigenvalue weighted by Crippen LogP contribution is -2.30. The molecule has 1 unspecified atom stereocenters. The monoisotopic (exact) mass is 453 g/mol. The number of pyridine rings is 1. The molecule has 1 aromatic heterocycles. The van der Waals surface area contributed by atoms with Crippen molar-refractivity contribution in [2.75, 3.05) is 6.61 Å². The van der Waals surface area contributed by atoms with Crippen molar-refractivity contribution in [3.63, 3.8) is 0 Å². The highest BCUT2D eigenvalue weighted by Crippen LogP contribution is 2.41. The maximum Gasteiger partial charge on any atom is 0.339 e. The molecule has 1 heterocycles. The first kappa shape index (κ1) is 24.9. The van der Waals surface area contributed by atoms with Crippen molar-refractivity contribution in [3.05, 3.63) is 46.7 Å². The molecule has 1 aliphatic rings. The number of aromatic nitrogens is 1. The van der Waals surface area contributed by atoms with E-state index in [1.54, 1.807) is 6.92 Å². The van der Waals surface area contributed by atoms with Gasteiger partial charge in [0, 0.05) is 17.9 Å². The first-order valence-electron chi connectivity index (χ1n) is 11.7. The first-order valence-corrected chi connectivity index (χ1v) is 11.7. The van der Waals surface area contributed by atoms with Crippen molar-refractivity contribution in [2.45, 2.75) is 85.5 Å². The molecular formula is C27H35NO5. The molecule has 6 heteroatoms. The Labute approximate surface area is 196 Å². The number of ether oxygens (including phenoxy) is 3. The van der Waals surface area contributed by atoms with Crippen LogP contribution in [0.15, 0.2) is 24.3 Å². The molecule has 1 atom stereocenters. The van der Waals surface area contributed by atoms with E-state index in [-0.39, 0.29) is 25.2 Å². The summed E-state index contributed by atoms with van der Waals surface area (Å²) in [5, 5.41) is 0.960. The number of carbonyl (C=O) groups excluding carboxylic acids is 2. The standard InChI is InChI=1S/C27H35NO5/c1-7-31-26(30)25(33-27(4,5)6)23-17(2)15-22-21(24(23)19-11-9-8-10-12-19)14-13-20(28-22)16-32-18(3)29/h11,13-15,25H,7-10,12,16H2,1-6H3. The van der Waals surface area contributed by atoms with Gasteiger partial charge < -0.3 is 14.2 Å². The maximum atomic E-state index is 13.1. The smallest absolute Gasteiger partial charge is 0.339 e. The Bertz CT molecular complexity index is 1060. The third-order valence-corrected chi connectivity index (χ3v) is 5.57. The summed E-state index contributed by atoms with van der Waals surface area (Å²) in [4.78, 5) is 29.1. The van der Waals surface area contributed by atoms with Crippen LogP contribution in [0.5, 0.6) is 0 Å². The highest BCUT2D eigenvalue weighted by atomic mass is 16.6. The number of esters is 2. The Morgan fingerprint density at radius 3 is 2.52 bits per heavy atom. The fourth-order valence-electron chi connectivity index (χ4n) is 4.27. The third-order valence-electron chi connectivity index (χ3n) is 5.57. The fourth-order valence-corrected chi connectivity index (χ4v) is 4.27. The lowest BCUT2D eigenvalue weighted by Gasteiger charge is -2.30. The quantitative estimate of drug-likeness (QED) is 0.480. The van der Waals surface area contributed by atoms with Crippen LogP contribution in [0.3, 0.4) is 0 Å². The molecule has 0 amide bonds. The predicted molar refractivity (Wildman–Crippen MR) is 129 cm³/mol. The Kier molecular flexibility index (Phi) is 7.90. The Hall–Kier alpha value is -2.73. The zero-order valence-electron chi connectivity index (χ0n) is 20.6. The molecule has 33 heavy (non-hydrogen) atoms. The van der Waals surface area contributed by atoms with Gasteiger partial charge in [-0.05, 0) is 89.1 Å². The van der Waals surface area contributed by atoms with Gasteiger partial charge in [-0.3, -0.25) is 4.79 Å². The van der Waals surface area contributed by atoms with Gasteiger partial charge in [0.2, 0.25) is 0 Å². The van der Waals surface area contributed by atoms with Crippen molar-refractivity contribution < 1.29 is 23.8 Å². The molecule has 0 radical (unpaired) electrons. The molecule has 0 bridgehead atoms. The Balaban J connectivity index is 2.24. The zero-order chi connectivity index (χ0) is 24.2. The van der Waals surface area contributed by atoms with Crippen molar-refractivity contribution in [1.29, 1.82) is 0 Å². The predicted octanol–water partition coefficient (Wildman–Crippen LogP) is 5.98. The second-order valence-electron chi connectivity index (χ2n) is 9.47. The highest BCUT2D eigenvalue weighted by molar-refractivity contribution is 5.96. The fraction of sp³-hybridized carbons (Fsp3) is 0.519. The molecule has 1 aromatic carbocycles. The summed E-state index contributed by atoms with van der Waals surface area (Å²) in [6.07, 6.45) is 5.63. The number of fused-ring (bicyclic) bond motifs is 1. The van der Waals surface area contributed by atoms with Crippen LogP contribution in [0.4, 0.5) is 0 Å². The Morgan fingerprint density at radius 2 is 1.91 bits per heavy atom. The summed E-state index contributed by atoms with van der Waals surface area (Å²) in [6, 6.07) is 5.86. The van der Waals surface area contributed by atoms with Gasteiger partial charge in [-0.25, -0.2) is 9.78 Å². The van der Waals surface area contributed by atoms with Crippen LogP contribution in [-0.4, -0.2) is 29.1 Å². The molecule has 0 fully saturated rings. The average molecular weight is 454 g/mol. The van der Waals surface area contributed by atoms with E-state index >= 15 is 0 Å². The van der Waals surface area contributed by atoms with E-state index < -0.39 is 11.7 Å². The van der Waals surface area contributed by atoms with Crippen LogP contribution in [0, 0.1) is 6.92 Å². The normalized spacial score (nSPS) is 15.2. The molecule has 178 valence electrons. The molecule has 0 saturated heterocycles. The SMILES string of the molecule is CCOC(=O)C(OC(C)(C)C)c1c(C)cc2nc(COC(C)=O)ccc2c1C1=CCCCC1. The van der Waals surface area contributed by atoms with Crippen LogP contribution in [-0.2, 0) is 30.4 Å². The van der Waals surface area contributed by atoms with Crippen LogP contribution in [0.25, 0.3) is 16.5 Å². The number of hydrogen-bond donors (Lipinski definition) is 0. The maximum absolute atomic E-state index is 13.1. The molecular weight excluding hydrogens is 418 g/mol. The van der Waals surface area contributed by atoms with Crippen molar-refractivity contribution in [3.8, 4) is 0 Å². The second-order valence-corrected chi connectivity index (χ2v) is 9.47. The van der Waals surface area contributed by atoms with Crippen molar-refractivity contribution in [1.82, 2.24) is 4.98 Å². The van der Waals surface area contributed by atoms with Gasteiger partial charge in [-0.15, -0.1) is 0 Å². The van der Waals surface area contributed by atoms with E-state index in [4.69, 9.17) is 19.2 Å². The molecule has 6 nitrogen and oxygen atoms in total. The summed E-state index contributed by atoms with van der Waals surface area (Å²) in [7, 11) is 0. The van der Waals surface area contributed by atoms with Crippen molar-refractivity contribution >= 4 is 28.4 Å². The van der Waals surface area contributed by atoms with Gasteiger partial charge in [0.25, 0.3) is 0 Å². The lowest BCUT2D eigenvalue weighted by molar-refractivity contribution is -0.166. The molecule has 3 rings (SSSR count). The number of carbonyl (C=O) groups is 2. The van der Waals surface area contributed by atoms with E-state index in [1.807, 2.05) is 45.9 Å². The van der Waals surface area contributed by atoms with Gasteiger partial charge in [-0.1, -0.05) is 12.1 Å². The number of hydrogen-bond acceptors (Lipinski definition) is 6. The minimum Gasteiger partial charge on any atom is -0.464 e. The van der Waals surface area contributed by atoms with E-state index in [9.17, 15) is 9.59 Å². The van der Waals surface area contributed by atoms with Crippen LogP contribution < -0.4 is 0 Å². The summed E-state index contributed by atoms with van der Waals surface area (Å²) in [6.45, 7) is 11.4. The largest absolute Gasteiger partial charge is 0.464 e. The Morgan fingerprint density at radius 1 is 1.15 bits per heavy atom. The highest BCUT2D eigenvalue weighted by Gasteiger charge is 2.33. The molecule has 1 aliphatic carbocycles. The zero-order valence-corrected chi connectivity index (χ0v) is 20.6. The number of allylic oxidation sites excluding steroid dienone is 2. The van der Waals surface area contributed by atoms with Gasteiger partial charge in [-0.2, -0.15) is 0 Å². The van der Waals surface area contributed by atoms with E-state index in [1.165, 1.54) is 12.5 Å². The minimum atomic E-state index is -0.840. The van der Waals surface area contributed by atoms with Crippen LogP contribution >= 0.6 is 0 Å². The second kappa shape index (κ2) is 10.5. The first-order chi connectivity index (χ1) is 15.6. The molecule has 2 aromatic rings. The summed E-state index contributed by atoms with van der Waals surface area (Å²) in [5.41, 5.74) is 4.94. The van der Waals surface area contributed by atoms with Gasteiger partial charge in [0.1, 0.15) is 6.61 Å². The number of benzene rings is 1. The van der Waals surface area contributed by atoms with Gasteiger partial charge in [0.15, 0.2) is 6.10 Å².